The van der Waals surface area contributed by atoms with E-state index < -0.39 is 17.5 Å². The van der Waals surface area contributed by atoms with E-state index >= 15 is 0 Å². The molecule has 10 nitrogen and oxygen atoms in total. The molecule has 4 heterocycles. The molecule has 0 unspecified atom stereocenters. The van der Waals surface area contributed by atoms with Crippen molar-refractivity contribution in [1.82, 2.24) is 29.5 Å². The standard InChI is InChI=1S/C28H26F3N7O3/c1-27(2)26(39)38(12-15-5-7-17(8-6-15)23-35-19(13-37(23)3)28(29,30)31)24-18(41-27)11-32-22(36-24)20-21(16-9-10-16)33-14-34-25(20)40-4/h5-8,11,13-14,16H,9-10,12H2,1-4H3. The molecule has 41 heavy (non-hydrogen) atoms. The van der Waals surface area contributed by atoms with Gasteiger partial charge in [0.15, 0.2) is 28.7 Å². The quantitative estimate of drug-likeness (QED) is 0.324. The molecule has 0 saturated heterocycles. The molecule has 212 valence electrons. The summed E-state index contributed by atoms with van der Waals surface area (Å²) in [6, 6.07) is 6.84. The van der Waals surface area contributed by atoms with Crippen LogP contribution in [0.4, 0.5) is 19.0 Å². The first-order chi connectivity index (χ1) is 19.5. The van der Waals surface area contributed by atoms with Crippen LogP contribution in [0.5, 0.6) is 11.6 Å². The summed E-state index contributed by atoms with van der Waals surface area (Å²) in [4.78, 5) is 36.8. The van der Waals surface area contributed by atoms with E-state index in [1.165, 1.54) is 36.1 Å². The molecular formula is C28H26F3N7O3. The number of hydrogen-bond donors (Lipinski definition) is 0. The average molecular weight is 566 g/mol. The van der Waals surface area contributed by atoms with Crippen LogP contribution in [0.2, 0.25) is 0 Å². The summed E-state index contributed by atoms with van der Waals surface area (Å²) in [5.74, 6) is 1.42. The number of amides is 1. The summed E-state index contributed by atoms with van der Waals surface area (Å²) < 4.78 is 52.2. The highest BCUT2D eigenvalue weighted by atomic mass is 19.4. The molecule has 0 N–H and O–H groups in total. The second-order valence-electron chi connectivity index (χ2n) is 10.6. The highest BCUT2D eigenvalue weighted by molar-refractivity contribution is 6.01. The molecule has 1 amide bonds. The number of carbonyl (C=O) groups excluding carboxylic acids is 1. The predicted molar refractivity (Wildman–Crippen MR) is 141 cm³/mol. The first kappa shape index (κ1) is 26.7. The summed E-state index contributed by atoms with van der Waals surface area (Å²) in [5.41, 5.74) is 0.480. The Labute approximate surface area is 233 Å². The minimum atomic E-state index is -4.54. The summed E-state index contributed by atoms with van der Waals surface area (Å²) in [5, 5.41) is 0. The number of aryl methyl sites for hydroxylation is 1. The van der Waals surface area contributed by atoms with Gasteiger partial charge in [0.05, 0.1) is 25.5 Å². The van der Waals surface area contributed by atoms with Crippen LogP contribution in [-0.2, 0) is 24.6 Å². The Morgan fingerprint density at radius 2 is 1.83 bits per heavy atom. The number of hydrogen-bond acceptors (Lipinski definition) is 8. The van der Waals surface area contributed by atoms with Crippen LogP contribution >= 0.6 is 0 Å². The Kier molecular flexibility index (Phi) is 6.20. The molecule has 3 aromatic heterocycles. The molecule has 1 fully saturated rings. The lowest BCUT2D eigenvalue weighted by Crippen LogP contribution is -2.52. The van der Waals surface area contributed by atoms with Gasteiger partial charge in [0.25, 0.3) is 5.91 Å². The van der Waals surface area contributed by atoms with Crippen molar-refractivity contribution in [2.45, 2.75) is 50.9 Å². The zero-order chi connectivity index (χ0) is 29.1. The van der Waals surface area contributed by atoms with Crippen LogP contribution < -0.4 is 14.4 Å². The summed E-state index contributed by atoms with van der Waals surface area (Å²) in [6.07, 6.45) is 1.38. The fourth-order valence-electron chi connectivity index (χ4n) is 4.86. The lowest BCUT2D eigenvalue weighted by atomic mass is 10.0. The summed E-state index contributed by atoms with van der Waals surface area (Å²) in [6.45, 7) is 3.48. The van der Waals surface area contributed by atoms with E-state index in [0.29, 0.717) is 28.6 Å². The number of carbonyl (C=O) groups is 1. The van der Waals surface area contributed by atoms with Crippen LogP contribution in [-0.4, -0.2) is 48.1 Å². The van der Waals surface area contributed by atoms with Crippen molar-refractivity contribution in [1.29, 1.82) is 0 Å². The second kappa shape index (κ2) is 9.53. The Hall–Kier alpha value is -4.55. The second-order valence-corrected chi connectivity index (χ2v) is 10.6. The third-order valence-corrected chi connectivity index (χ3v) is 7.06. The first-order valence-corrected chi connectivity index (χ1v) is 12.9. The van der Waals surface area contributed by atoms with E-state index in [4.69, 9.17) is 14.5 Å². The number of benzene rings is 1. The molecule has 0 radical (unpaired) electrons. The Bertz CT molecular complexity index is 1650. The van der Waals surface area contributed by atoms with Gasteiger partial charge in [-0.3, -0.25) is 9.69 Å². The Morgan fingerprint density at radius 1 is 1.10 bits per heavy atom. The van der Waals surface area contributed by atoms with Crippen LogP contribution in [0.1, 0.15) is 49.6 Å². The molecular weight excluding hydrogens is 539 g/mol. The number of alkyl halides is 3. The van der Waals surface area contributed by atoms with Crippen molar-refractivity contribution < 1.29 is 27.4 Å². The average Bonchev–Trinajstić information content (AvgIpc) is 3.71. The minimum Gasteiger partial charge on any atom is -0.480 e. The maximum Gasteiger partial charge on any atom is 0.434 e. The highest BCUT2D eigenvalue weighted by Crippen LogP contribution is 2.46. The van der Waals surface area contributed by atoms with E-state index in [9.17, 15) is 18.0 Å². The van der Waals surface area contributed by atoms with E-state index in [-0.39, 0.29) is 30.0 Å². The van der Waals surface area contributed by atoms with Gasteiger partial charge in [0.1, 0.15) is 17.7 Å². The van der Waals surface area contributed by atoms with Gasteiger partial charge < -0.3 is 14.0 Å². The van der Waals surface area contributed by atoms with Crippen molar-refractivity contribution >= 4 is 11.7 Å². The number of rotatable bonds is 6. The Morgan fingerprint density at radius 3 is 2.46 bits per heavy atom. The van der Waals surface area contributed by atoms with Gasteiger partial charge in [-0.15, -0.1) is 0 Å². The number of aromatic nitrogens is 6. The summed E-state index contributed by atoms with van der Waals surface area (Å²) >= 11 is 0. The van der Waals surface area contributed by atoms with Crippen molar-refractivity contribution in [3.63, 3.8) is 0 Å². The van der Waals surface area contributed by atoms with Crippen molar-refractivity contribution in [3.8, 4) is 34.4 Å². The third-order valence-electron chi connectivity index (χ3n) is 7.06. The number of fused-ring (bicyclic) bond motifs is 1. The molecule has 0 bridgehead atoms. The van der Waals surface area contributed by atoms with E-state index in [2.05, 4.69) is 19.9 Å². The number of imidazole rings is 1. The van der Waals surface area contributed by atoms with Gasteiger partial charge in [-0.05, 0) is 32.3 Å². The van der Waals surface area contributed by atoms with Gasteiger partial charge >= 0.3 is 6.18 Å². The lowest BCUT2D eigenvalue weighted by molar-refractivity contribution is -0.141. The van der Waals surface area contributed by atoms with Crippen molar-refractivity contribution in [3.05, 3.63) is 59.9 Å². The fraction of sp³-hybridized carbons (Fsp3) is 0.357. The maximum atomic E-state index is 13.6. The molecule has 4 aromatic rings. The largest absolute Gasteiger partial charge is 0.480 e. The van der Waals surface area contributed by atoms with Crippen molar-refractivity contribution in [2.75, 3.05) is 12.0 Å². The van der Waals surface area contributed by atoms with Gasteiger partial charge in [-0.25, -0.2) is 24.9 Å². The number of halogens is 3. The van der Waals surface area contributed by atoms with Gasteiger partial charge in [0.2, 0.25) is 5.88 Å². The molecule has 6 rings (SSSR count). The van der Waals surface area contributed by atoms with Crippen LogP contribution in [0.3, 0.4) is 0 Å². The first-order valence-electron chi connectivity index (χ1n) is 12.9. The molecule has 13 heteroatoms. The van der Waals surface area contributed by atoms with Gasteiger partial charge in [0, 0.05) is 24.7 Å². The molecule has 1 aliphatic heterocycles. The van der Waals surface area contributed by atoms with Crippen LogP contribution in [0.15, 0.2) is 43.0 Å². The number of ether oxygens (including phenoxy) is 2. The third kappa shape index (κ3) is 4.85. The lowest BCUT2D eigenvalue weighted by Gasteiger charge is -2.37. The Balaban J connectivity index is 1.36. The maximum absolute atomic E-state index is 13.6. The monoisotopic (exact) mass is 565 g/mol. The zero-order valence-electron chi connectivity index (χ0n) is 22.7. The number of methoxy groups -OCH3 is 1. The zero-order valence-corrected chi connectivity index (χ0v) is 22.7. The smallest absolute Gasteiger partial charge is 0.434 e. The SMILES string of the molecule is COc1ncnc(C2CC2)c1-c1ncc2c(n1)N(Cc1ccc(-c3nc(C(F)(F)F)cn3C)cc1)C(=O)C(C)(C)O2. The van der Waals surface area contributed by atoms with E-state index in [0.717, 1.165) is 30.3 Å². The van der Waals surface area contributed by atoms with Gasteiger partial charge in [-0.1, -0.05) is 24.3 Å². The highest BCUT2D eigenvalue weighted by Gasteiger charge is 2.43. The van der Waals surface area contributed by atoms with Crippen molar-refractivity contribution in [2.24, 2.45) is 7.05 Å². The molecule has 1 aliphatic carbocycles. The van der Waals surface area contributed by atoms with Crippen LogP contribution in [0.25, 0.3) is 22.8 Å². The van der Waals surface area contributed by atoms with Gasteiger partial charge in [-0.2, -0.15) is 13.2 Å². The minimum absolute atomic E-state index is 0.141. The number of anilines is 1. The topological polar surface area (TPSA) is 108 Å². The normalized spacial score (nSPS) is 16.4. The molecule has 1 aromatic carbocycles. The summed E-state index contributed by atoms with van der Waals surface area (Å²) in [7, 11) is 3.02. The fourth-order valence-corrected chi connectivity index (χ4v) is 4.86. The van der Waals surface area contributed by atoms with E-state index in [1.807, 2.05) is 0 Å². The van der Waals surface area contributed by atoms with E-state index in [1.54, 1.807) is 38.1 Å². The van der Waals surface area contributed by atoms with Crippen LogP contribution in [0, 0.1) is 0 Å². The number of nitrogens with zero attached hydrogens (tertiary/aromatic N) is 7. The molecule has 0 spiro atoms. The molecule has 0 atom stereocenters. The molecule has 1 saturated carbocycles. The predicted octanol–water partition coefficient (Wildman–Crippen LogP) is 4.94. The molecule has 2 aliphatic rings.